The number of piperidine rings is 1. The van der Waals surface area contributed by atoms with Crippen molar-refractivity contribution in [2.75, 3.05) is 11.9 Å². The molecule has 4 heteroatoms. The van der Waals surface area contributed by atoms with Crippen LogP contribution in [0.1, 0.15) is 47.5 Å². The summed E-state index contributed by atoms with van der Waals surface area (Å²) in [4.78, 5) is 0. The van der Waals surface area contributed by atoms with Crippen molar-refractivity contribution in [3.05, 3.63) is 0 Å². The van der Waals surface area contributed by atoms with Gasteiger partial charge in [0.25, 0.3) is 0 Å². The average Bonchev–Trinajstić information content (AvgIpc) is 2.10. The van der Waals surface area contributed by atoms with Gasteiger partial charge in [0.2, 0.25) is 0 Å². The summed E-state index contributed by atoms with van der Waals surface area (Å²) in [6.45, 7) is 11.0. The van der Waals surface area contributed by atoms with Crippen LogP contribution in [-0.4, -0.2) is 39.8 Å². The number of hydrogen-bond acceptors (Lipinski definition) is 3. The third-order valence-electron chi connectivity index (χ3n) is 3.07. The van der Waals surface area contributed by atoms with Gasteiger partial charge in [-0.15, -0.1) is 0 Å². The quantitative estimate of drug-likeness (QED) is 0.784. The number of nitrogens with one attached hydrogen (secondary N) is 1. The van der Waals surface area contributed by atoms with E-state index in [0.717, 1.165) is 12.8 Å². The number of hydrogen-bond donors (Lipinski definition) is 2. The Morgan fingerprint density at radius 2 is 1.76 bits per heavy atom. The van der Waals surface area contributed by atoms with E-state index in [1.54, 1.807) is 6.92 Å². The molecular weight excluding hydrogens is 282 g/mol. The highest BCUT2D eigenvalue weighted by molar-refractivity contribution is 9.09. The zero-order chi connectivity index (χ0) is 13.3. The summed E-state index contributed by atoms with van der Waals surface area (Å²) in [6, 6.07) is 0. The minimum atomic E-state index is -0.779. The highest BCUT2D eigenvalue weighted by Gasteiger charge is 2.38. The van der Waals surface area contributed by atoms with E-state index in [-0.39, 0.29) is 17.2 Å². The summed E-state index contributed by atoms with van der Waals surface area (Å²) < 4.78 is 5.89. The Kier molecular flexibility index (Phi) is 4.68. The summed E-state index contributed by atoms with van der Waals surface area (Å²) in [5.41, 5.74) is -0.599. The molecule has 1 fully saturated rings. The lowest BCUT2D eigenvalue weighted by Gasteiger charge is -2.46. The maximum Gasteiger partial charge on any atom is 0.0948 e. The Labute approximate surface area is 113 Å². The number of rotatable bonds is 4. The average molecular weight is 308 g/mol. The second-order valence-corrected chi connectivity index (χ2v) is 7.43. The molecule has 3 nitrogen and oxygen atoms in total. The molecule has 1 heterocycles. The molecule has 0 aromatic rings. The fourth-order valence-electron chi connectivity index (χ4n) is 2.68. The molecule has 1 aliphatic rings. The molecule has 1 saturated heterocycles. The first-order chi connectivity index (χ1) is 7.55. The molecule has 0 radical (unpaired) electrons. The van der Waals surface area contributed by atoms with E-state index in [1.165, 1.54) is 0 Å². The zero-order valence-corrected chi connectivity index (χ0v) is 13.2. The molecule has 0 aromatic heterocycles. The van der Waals surface area contributed by atoms with E-state index < -0.39 is 5.60 Å². The number of aliphatic hydroxyl groups is 1. The van der Waals surface area contributed by atoms with Gasteiger partial charge in [0.1, 0.15) is 0 Å². The van der Waals surface area contributed by atoms with Crippen molar-refractivity contribution in [3.63, 3.8) is 0 Å². The first-order valence-corrected chi connectivity index (χ1v) is 7.37. The Balaban J connectivity index is 2.54. The maximum atomic E-state index is 9.93. The molecule has 1 aliphatic heterocycles. The molecular formula is C13H26BrNO2. The second-order valence-electron chi connectivity index (χ2n) is 6.86. The van der Waals surface area contributed by atoms with Crippen molar-refractivity contribution in [1.82, 2.24) is 5.32 Å². The van der Waals surface area contributed by atoms with Gasteiger partial charge in [0, 0.05) is 16.4 Å². The molecule has 1 atom stereocenters. The van der Waals surface area contributed by atoms with Crippen LogP contribution in [0, 0.1) is 0 Å². The normalized spacial score (nSPS) is 27.7. The van der Waals surface area contributed by atoms with Crippen LogP contribution < -0.4 is 5.32 Å². The lowest BCUT2D eigenvalue weighted by Crippen LogP contribution is -2.59. The van der Waals surface area contributed by atoms with Gasteiger partial charge in [-0.1, -0.05) is 15.9 Å². The summed E-state index contributed by atoms with van der Waals surface area (Å²) in [7, 11) is 0. The Morgan fingerprint density at radius 1 is 1.29 bits per heavy atom. The van der Waals surface area contributed by atoms with E-state index in [9.17, 15) is 5.11 Å². The highest BCUT2D eigenvalue weighted by Crippen LogP contribution is 2.30. The minimum absolute atomic E-state index is 0.0900. The number of halogens is 1. The van der Waals surface area contributed by atoms with Gasteiger partial charge in [-0.2, -0.15) is 0 Å². The molecule has 0 amide bonds. The van der Waals surface area contributed by atoms with Gasteiger partial charge in [0.15, 0.2) is 0 Å². The summed E-state index contributed by atoms with van der Waals surface area (Å²) >= 11 is 3.30. The van der Waals surface area contributed by atoms with Gasteiger partial charge in [-0.25, -0.2) is 0 Å². The van der Waals surface area contributed by atoms with Gasteiger partial charge in [-0.05, 0) is 47.5 Å². The van der Waals surface area contributed by atoms with Crippen LogP contribution in [-0.2, 0) is 4.74 Å². The van der Waals surface area contributed by atoms with Crippen molar-refractivity contribution < 1.29 is 9.84 Å². The lowest BCUT2D eigenvalue weighted by molar-refractivity contribution is -0.0807. The van der Waals surface area contributed by atoms with Crippen LogP contribution in [0.3, 0.4) is 0 Å². The van der Waals surface area contributed by atoms with Crippen LogP contribution in [0.15, 0.2) is 0 Å². The van der Waals surface area contributed by atoms with Crippen LogP contribution in [0.2, 0.25) is 0 Å². The lowest BCUT2D eigenvalue weighted by atomic mass is 9.81. The predicted molar refractivity (Wildman–Crippen MR) is 74.7 cm³/mol. The summed E-state index contributed by atoms with van der Waals surface area (Å²) in [5.74, 6) is 0. The van der Waals surface area contributed by atoms with Crippen LogP contribution in [0.5, 0.6) is 0 Å². The smallest absolute Gasteiger partial charge is 0.0948 e. The van der Waals surface area contributed by atoms with Crippen molar-refractivity contribution in [1.29, 1.82) is 0 Å². The van der Waals surface area contributed by atoms with E-state index in [1.807, 2.05) is 0 Å². The Bertz CT molecular complexity index is 248. The molecule has 0 saturated carbocycles. The SMILES string of the molecule is CC(O)(CBr)COC1CC(C)(C)NC(C)(C)C1. The second kappa shape index (κ2) is 5.16. The monoisotopic (exact) mass is 307 g/mol. The van der Waals surface area contributed by atoms with Crippen LogP contribution in [0.4, 0.5) is 0 Å². The minimum Gasteiger partial charge on any atom is -0.387 e. The molecule has 0 spiro atoms. The largest absolute Gasteiger partial charge is 0.387 e. The van der Waals surface area contributed by atoms with Crippen molar-refractivity contribution in [3.8, 4) is 0 Å². The molecule has 0 aliphatic carbocycles. The van der Waals surface area contributed by atoms with E-state index in [2.05, 4.69) is 48.9 Å². The van der Waals surface area contributed by atoms with Crippen LogP contribution in [0.25, 0.3) is 0 Å². The van der Waals surface area contributed by atoms with Crippen molar-refractivity contribution in [2.45, 2.75) is 70.2 Å². The van der Waals surface area contributed by atoms with Crippen LogP contribution >= 0.6 is 15.9 Å². The fourth-order valence-corrected chi connectivity index (χ4v) is 2.84. The zero-order valence-electron chi connectivity index (χ0n) is 11.6. The van der Waals surface area contributed by atoms with Gasteiger partial charge in [-0.3, -0.25) is 0 Å². The standard InChI is InChI=1S/C13H26BrNO2/c1-11(2)6-10(7-12(3,4)15-11)17-9-13(5,16)8-14/h10,15-16H,6-9H2,1-5H3. The molecule has 0 bridgehead atoms. The van der Waals surface area contributed by atoms with E-state index >= 15 is 0 Å². The third-order valence-corrected chi connectivity index (χ3v) is 4.28. The van der Waals surface area contributed by atoms with Crippen molar-refractivity contribution >= 4 is 15.9 Å². The number of ether oxygens (including phenoxy) is 1. The molecule has 1 rings (SSSR count). The summed E-state index contributed by atoms with van der Waals surface area (Å²) in [5, 5.41) is 14.1. The Morgan fingerprint density at radius 3 is 2.18 bits per heavy atom. The molecule has 102 valence electrons. The van der Waals surface area contributed by atoms with E-state index in [0.29, 0.717) is 11.9 Å². The first-order valence-electron chi connectivity index (χ1n) is 6.25. The van der Waals surface area contributed by atoms with Gasteiger partial charge >= 0.3 is 0 Å². The molecule has 2 N–H and O–H groups in total. The predicted octanol–water partition coefficient (Wildman–Crippen LogP) is 2.46. The maximum absolute atomic E-state index is 9.93. The van der Waals surface area contributed by atoms with Crippen molar-refractivity contribution in [2.24, 2.45) is 0 Å². The van der Waals surface area contributed by atoms with E-state index in [4.69, 9.17) is 4.74 Å². The van der Waals surface area contributed by atoms with Gasteiger partial charge in [0.05, 0.1) is 18.3 Å². The number of alkyl halides is 1. The Hall–Kier alpha value is 0.360. The third kappa shape index (κ3) is 5.25. The molecule has 1 unspecified atom stereocenters. The first kappa shape index (κ1) is 15.4. The highest BCUT2D eigenvalue weighted by atomic mass is 79.9. The molecule has 17 heavy (non-hydrogen) atoms. The topological polar surface area (TPSA) is 41.5 Å². The molecule has 0 aromatic carbocycles. The summed E-state index contributed by atoms with van der Waals surface area (Å²) in [6.07, 6.45) is 2.18. The fraction of sp³-hybridized carbons (Fsp3) is 1.00. The van der Waals surface area contributed by atoms with Gasteiger partial charge < -0.3 is 15.2 Å².